The molecule has 0 amide bonds. The second kappa shape index (κ2) is 8.33. The van der Waals surface area contributed by atoms with Crippen molar-refractivity contribution in [2.45, 2.75) is 37.2 Å². The lowest BCUT2D eigenvalue weighted by atomic mass is 10.0. The summed E-state index contributed by atoms with van der Waals surface area (Å²) < 4.78 is 65.8. The summed E-state index contributed by atoms with van der Waals surface area (Å²) in [5.74, 6) is -1.18. The van der Waals surface area contributed by atoms with E-state index in [0.717, 1.165) is 19.0 Å². The molecule has 2 aliphatic rings. The van der Waals surface area contributed by atoms with E-state index in [1.54, 1.807) is 6.07 Å². The second-order valence-electron chi connectivity index (χ2n) is 7.37. The van der Waals surface area contributed by atoms with Gasteiger partial charge < -0.3 is 9.47 Å². The van der Waals surface area contributed by atoms with E-state index in [0.29, 0.717) is 30.7 Å². The fourth-order valence-electron chi connectivity index (χ4n) is 3.30. The van der Waals surface area contributed by atoms with E-state index in [-0.39, 0.29) is 23.5 Å². The number of sulfonamides is 1. The van der Waals surface area contributed by atoms with Gasteiger partial charge in [-0.25, -0.2) is 17.2 Å². The molecule has 1 unspecified atom stereocenters. The molecule has 0 bridgehead atoms. The average molecular weight is 424 g/mol. The van der Waals surface area contributed by atoms with Gasteiger partial charge in [-0.15, -0.1) is 0 Å². The summed E-state index contributed by atoms with van der Waals surface area (Å²) in [5, 5.41) is -0.334. The maximum atomic E-state index is 14.5. The van der Waals surface area contributed by atoms with Crippen LogP contribution in [0.4, 0.5) is 8.78 Å². The molecular weight excluding hydrogens is 402 g/mol. The zero-order chi connectivity index (χ0) is 20.4. The lowest BCUT2D eigenvalue weighted by Gasteiger charge is -2.32. The van der Waals surface area contributed by atoms with E-state index in [1.165, 1.54) is 24.3 Å². The standard InChI is InChI=1S/C20H22F2N2O4S/c21-15-4-7-18(23-11-15)13-3-8-19(17(22)10-13)28-12-14-2-1-9-27-20(14)24-29(25,26)16-5-6-16/h3-4,7-8,10-11,14,16,20,24H,1-2,5-6,9,12H2/t14-,20?/m1/s1. The molecule has 1 aliphatic heterocycles. The van der Waals surface area contributed by atoms with Gasteiger partial charge in [0.2, 0.25) is 10.0 Å². The SMILES string of the molecule is O=S(=O)(NC1OCCC[C@@H]1COc1ccc(-c2ccc(F)cn2)cc1F)C1CC1. The van der Waals surface area contributed by atoms with Crippen LogP contribution in [0.3, 0.4) is 0 Å². The topological polar surface area (TPSA) is 77.5 Å². The highest BCUT2D eigenvalue weighted by molar-refractivity contribution is 7.90. The molecule has 2 aromatic rings. The summed E-state index contributed by atoms with van der Waals surface area (Å²) >= 11 is 0. The van der Waals surface area contributed by atoms with E-state index < -0.39 is 27.9 Å². The highest BCUT2D eigenvalue weighted by atomic mass is 32.2. The van der Waals surface area contributed by atoms with Crippen molar-refractivity contribution < 1.29 is 26.7 Å². The Kier molecular flexibility index (Phi) is 5.80. The number of nitrogens with zero attached hydrogens (tertiary/aromatic N) is 1. The van der Waals surface area contributed by atoms with Crippen LogP contribution in [0.2, 0.25) is 0 Å². The van der Waals surface area contributed by atoms with Gasteiger partial charge in [0.15, 0.2) is 11.6 Å². The number of nitrogens with one attached hydrogen (secondary N) is 1. The summed E-state index contributed by atoms with van der Waals surface area (Å²) in [7, 11) is -3.39. The molecule has 6 nitrogen and oxygen atoms in total. The average Bonchev–Trinajstić information content (AvgIpc) is 3.54. The quantitative estimate of drug-likeness (QED) is 0.738. The molecule has 0 radical (unpaired) electrons. The first-order chi connectivity index (χ1) is 13.9. The maximum Gasteiger partial charge on any atom is 0.216 e. The van der Waals surface area contributed by atoms with Gasteiger partial charge in [-0.2, -0.15) is 4.72 Å². The molecule has 1 aromatic heterocycles. The molecule has 1 saturated carbocycles. The Morgan fingerprint density at radius 3 is 2.69 bits per heavy atom. The Morgan fingerprint density at radius 2 is 2.00 bits per heavy atom. The fourth-order valence-corrected chi connectivity index (χ4v) is 4.83. The zero-order valence-electron chi connectivity index (χ0n) is 15.7. The number of ether oxygens (including phenoxy) is 2. The van der Waals surface area contributed by atoms with Gasteiger partial charge >= 0.3 is 0 Å². The van der Waals surface area contributed by atoms with Gasteiger partial charge in [-0.05, 0) is 56.0 Å². The van der Waals surface area contributed by atoms with Gasteiger partial charge in [-0.3, -0.25) is 4.98 Å². The molecule has 2 atom stereocenters. The number of pyridine rings is 1. The third-order valence-electron chi connectivity index (χ3n) is 5.10. The van der Waals surface area contributed by atoms with E-state index in [1.807, 2.05) is 0 Å². The molecule has 1 N–H and O–H groups in total. The van der Waals surface area contributed by atoms with Crippen molar-refractivity contribution >= 4 is 10.0 Å². The molecule has 156 valence electrons. The first-order valence-corrected chi connectivity index (χ1v) is 11.1. The molecule has 9 heteroatoms. The fraction of sp³-hybridized carbons (Fsp3) is 0.450. The van der Waals surface area contributed by atoms with Crippen molar-refractivity contribution in [1.82, 2.24) is 9.71 Å². The number of benzene rings is 1. The number of hydrogen-bond donors (Lipinski definition) is 1. The summed E-state index contributed by atoms with van der Waals surface area (Å²) in [6.45, 7) is 0.602. The van der Waals surface area contributed by atoms with Crippen LogP contribution in [-0.4, -0.2) is 38.1 Å². The number of halogens is 2. The van der Waals surface area contributed by atoms with Crippen LogP contribution in [0.25, 0.3) is 11.3 Å². The number of hydrogen-bond acceptors (Lipinski definition) is 5. The van der Waals surface area contributed by atoms with Crippen LogP contribution in [0, 0.1) is 17.6 Å². The van der Waals surface area contributed by atoms with Gasteiger partial charge in [0, 0.05) is 18.1 Å². The summed E-state index contributed by atoms with van der Waals surface area (Å²) in [4.78, 5) is 3.94. The third kappa shape index (κ3) is 4.91. The van der Waals surface area contributed by atoms with Gasteiger partial charge in [0.25, 0.3) is 0 Å². The van der Waals surface area contributed by atoms with E-state index in [4.69, 9.17) is 9.47 Å². The van der Waals surface area contributed by atoms with Crippen molar-refractivity contribution in [2.24, 2.45) is 5.92 Å². The van der Waals surface area contributed by atoms with Gasteiger partial charge in [0.05, 0.1) is 23.7 Å². The molecule has 2 fully saturated rings. The lowest BCUT2D eigenvalue weighted by Crippen LogP contribution is -2.47. The van der Waals surface area contributed by atoms with Crippen molar-refractivity contribution in [3.8, 4) is 17.0 Å². The Bertz CT molecular complexity index is 965. The van der Waals surface area contributed by atoms with E-state index in [9.17, 15) is 17.2 Å². The van der Waals surface area contributed by atoms with Crippen molar-refractivity contribution in [1.29, 1.82) is 0 Å². The summed E-state index contributed by atoms with van der Waals surface area (Å²) in [5.41, 5.74) is 0.956. The van der Waals surface area contributed by atoms with Crippen LogP contribution in [-0.2, 0) is 14.8 Å². The Morgan fingerprint density at radius 1 is 1.17 bits per heavy atom. The minimum atomic E-state index is -3.39. The van der Waals surface area contributed by atoms with Crippen molar-refractivity contribution in [3.63, 3.8) is 0 Å². The molecule has 2 heterocycles. The smallest absolute Gasteiger partial charge is 0.216 e. The highest BCUT2D eigenvalue weighted by Gasteiger charge is 2.39. The van der Waals surface area contributed by atoms with Crippen molar-refractivity contribution in [3.05, 3.63) is 48.2 Å². The predicted molar refractivity (Wildman–Crippen MR) is 103 cm³/mol. The number of rotatable bonds is 7. The summed E-state index contributed by atoms with van der Waals surface area (Å²) in [6.07, 6.45) is 3.25. The first kappa shape index (κ1) is 20.2. The maximum absolute atomic E-state index is 14.5. The lowest BCUT2D eigenvalue weighted by molar-refractivity contribution is -0.0462. The van der Waals surface area contributed by atoms with Crippen LogP contribution in [0.15, 0.2) is 36.5 Å². The van der Waals surface area contributed by atoms with Crippen LogP contribution in [0.5, 0.6) is 5.75 Å². The molecule has 0 spiro atoms. The van der Waals surface area contributed by atoms with Gasteiger partial charge in [-0.1, -0.05) is 0 Å². The second-order valence-corrected chi connectivity index (χ2v) is 9.37. The monoisotopic (exact) mass is 424 g/mol. The van der Waals surface area contributed by atoms with E-state index in [2.05, 4.69) is 9.71 Å². The van der Waals surface area contributed by atoms with Gasteiger partial charge in [0.1, 0.15) is 12.0 Å². The number of aromatic nitrogens is 1. The highest BCUT2D eigenvalue weighted by Crippen LogP contribution is 2.30. The van der Waals surface area contributed by atoms with E-state index >= 15 is 0 Å². The third-order valence-corrected chi connectivity index (χ3v) is 7.01. The molecule has 1 saturated heterocycles. The molecule has 1 aromatic carbocycles. The summed E-state index contributed by atoms with van der Waals surface area (Å²) in [6, 6.07) is 7.14. The van der Waals surface area contributed by atoms with Crippen LogP contribution >= 0.6 is 0 Å². The Hall–Kier alpha value is -2.10. The Labute approximate surface area is 168 Å². The van der Waals surface area contributed by atoms with Crippen LogP contribution < -0.4 is 9.46 Å². The first-order valence-electron chi connectivity index (χ1n) is 9.59. The predicted octanol–water partition coefficient (Wildman–Crippen LogP) is 3.24. The van der Waals surface area contributed by atoms with Crippen LogP contribution in [0.1, 0.15) is 25.7 Å². The minimum Gasteiger partial charge on any atom is -0.490 e. The molecule has 1 aliphatic carbocycles. The molecule has 4 rings (SSSR count). The molecular formula is C20H22F2N2O4S. The zero-order valence-corrected chi connectivity index (χ0v) is 16.5. The largest absolute Gasteiger partial charge is 0.490 e. The normalized spacial score (nSPS) is 22.4. The molecule has 29 heavy (non-hydrogen) atoms. The minimum absolute atomic E-state index is 0.0604. The Balaban J connectivity index is 1.41. The van der Waals surface area contributed by atoms with Crippen molar-refractivity contribution in [2.75, 3.05) is 13.2 Å².